The highest BCUT2D eigenvalue weighted by atomic mass is 79.9. The summed E-state index contributed by atoms with van der Waals surface area (Å²) in [5.41, 5.74) is 1.21. The zero-order valence-electron chi connectivity index (χ0n) is 8.93. The van der Waals surface area contributed by atoms with E-state index in [1.165, 1.54) is 0 Å². The smallest absolute Gasteiger partial charge is 0.177 e. The van der Waals surface area contributed by atoms with Crippen molar-refractivity contribution in [3.8, 4) is 11.5 Å². The molecule has 0 unspecified atom stereocenters. The highest BCUT2D eigenvalue weighted by Crippen LogP contribution is 2.31. The molecule has 0 spiro atoms. The summed E-state index contributed by atoms with van der Waals surface area (Å²) in [6, 6.07) is 10.7. The zero-order chi connectivity index (χ0) is 12.5. The Hall–Kier alpha value is -1.59. The van der Waals surface area contributed by atoms with Gasteiger partial charge in [-0.25, -0.2) is 4.63 Å². The van der Waals surface area contributed by atoms with Crippen LogP contribution in [0.5, 0.6) is 11.5 Å². The molecule has 90 valence electrons. The third-order valence-electron chi connectivity index (χ3n) is 2.33. The van der Waals surface area contributed by atoms with Gasteiger partial charge in [0.1, 0.15) is 11.3 Å². The summed E-state index contributed by atoms with van der Waals surface area (Å²) in [6.07, 6.45) is 0. The van der Waals surface area contributed by atoms with Gasteiger partial charge in [0.05, 0.1) is 0 Å². The van der Waals surface area contributed by atoms with E-state index in [1.54, 1.807) is 36.4 Å². The van der Waals surface area contributed by atoms with Crippen LogP contribution < -0.4 is 4.74 Å². The van der Waals surface area contributed by atoms with Crippen molar-refractivity contribution in [3.05, 3.63) is 45.9 Å². The summed E-state index contributed by atoms with van der Waals surface area (Å²) in [5, 5.41) is 8.25. The van der Waals surface area contributed by atoms with E-state index in [0.29, 0.717) is 27.6 Å². The van der Waals surface area contributed by atoms with Gasteiger partial charge < -0.3 is 4.74 Å². The third kappa shape index (κ3) is 2.19. The van der Waals surface area contributed by atoms with Gasteiger partial charge in [0.2, 0.25) is 0 Å². The molecular formula is C12H6BrClN2O2. The Labute approximate surface area is 116 Å². The topological polar surface area (TPSA) is 48.2 Å². The second-order valence-corrected chi connectivity index (χ2v) is 4.94. The molecule has 3 rings (SSSR count). The molecule has 4 nitrogen and oxygen atoms in total. The molecule has 0 aliphatic carbocycles. The van der Waals surface area contributed by atoms with E-state index in [2.05, 4.69) is 26.2 Å². The standard InChI is InChI=1S/C12H6BrClN2O2/c13-7-5-10-12(16-18-15-10)11(6-7)17-9-3-1-8(14)2-4-9/h1-6H. The monoisotopic (exact) mass is 324 g/mol. The van der Waals surface area contributed by atoms with Gasteiger partial charge in [0.15, 0.2) is 11.3 Å². The first-order valence-corrected chi connectivity index (χ1v) is 6.25. The number of halogens is 2. The van der Waals surface area contributed by atoms with Crippen LogP contribution in [0.1, 0.15) is 0 Å². The maximum Gasteiger partial charge on any atom is 0.177 e. The SMILES string of the molecule is Clc1ccc(Oc2cc(Br)cc3nonc23)cc1. The van der Waals surface area contributed by atoms with Crippen molar-refractivity contribution in [3.63, 3.8) is 0 Å². The molecule has 1 aromatic heterocycles. The molecule has 0 atom stereocenters. The largest absolute Gasteiger partial charge is 0.455 e. The lowest BCUT2D eigenvalue weighted by atomic mass is 10.3. The molecule has 18 heavy (non-hydrogen) atoms. The molecule has 0 aliphatic heterocycles. The summed E-state index contributed by atoms with van der Waals surface area (Å²) in [4.78, 5) is 0. The average Bonchev–Trinajstić information content (AvgIpc) is 2.80. The number of fused-ring (bicyclic) bond motifs is 1. The molecule has 3 aromatic rings. The predicted molar refractivity (Wildman–Crippen MR) is 71.0 cm³/mol. The van der Waals surface area contributed by atoms with E-state index in [0.717, 1.165) is 4.47 Å². The molecule has 0 amide bonds. The van der Waals surface area contributed by atoms with E-state index in [4.69, 9.17) is 21.0 Å². The first-order chi connectivity index (χ1) is 8.72. The Balaban J connectivity index is 2.03. The highest BCUT2D eigenvalue weighted by Gasteiger charge is 2.10. The fraction of sp³-hybridized carbons (Fsp3) is 0. The van der Waals surface area contributed by atoms with Gasteiger partial charge in [-0.3, -0.25) is 0 Å². The minimum Gasteiger partial charge on any atom is -0.455 e. The van der Waals surface area contributed by atoms with Crippen molar-refractivity contribution in [2.45, 2.75) is 0 Å². The molecule has 0 saturated heterocycles. The van der Waals surface area contributed by atoms with Crippen molar-refractivity contribution in [1.82, 2.24) is 10.3 Å². The van der Waals surface area contributed by atoms with E-state index in [-0.39, 0.29) is 0 Å². The van der Waals surface area contributed by atoms with Crippen LogP contribution >= 0.6 is 27.5 Å². The minimum absolute atomic E-state index is 0.572. The van der Waals surface area contributed by atoms with Crippen molar-refractivity contribution >= 4 is 38.6 Å². The highest BCUT2D eigenvalue weighted by molar-refractivity contribution is 9.10. The lowest BCUT2D eigenvalue weighted by Crippen LogP contribution is -1.86. The summed E-state index contributed by atoms with van der Waals surface area (Å²) < 4.78 is 11.3. The van der Waals surface area contributed by atoms with Crippen LogP contribution in [0.2, 0.25) is 5.02 Å². The van der Waals surface area contributed by atoms with Gasteiger partial charge in [-0.05, 0) is 46.7 Å². The average molecular weight is 326 g/mol. The van der Waals surface area contributed by atoms with Gasteiger partial charge in [-0.15, -0.1) is 0 Å². The number of benzene rings is 2. The van der Waals surface area contributed by atoms with E-state index >= 15 is 0 Å². The lowest BCUT2D eigenvalue weighted by molar-refractivity contribution is 0.314. The molecule has 0 bridgehead atoms. The predicted octanol–water partition coefficient (Wildman–Crippen LogP) is 4.43. The molecule has 0 radical (unpaired) electrons. The van der Waals surface area contributed by atoms with Gasteiger partial charge in [0.25, 0.3) is 0 Å². The number of nitrogens with zero attached hydrogens (tertiary/aromatic N) is 2. The van der Waals surface area contributed by atoms with Crippen LogP contribution in [0.15, 0.2) is 45.5 Å². The van der Waals surface area contributed by atoms with Crippen LogP contribution in [-0.2, 0) is 0 Å². The number of ether oxygens (including phenoxy) is 1. The molecular weight excluding hydrogens is 320 g/mol. The maximum atomic E-state index is 5.82. The first-order valence-electron chi connectivity index (χ1n) is 5.07. The second-order valence-electron chi connectivity index (χ2n) is 3.59. The lowest BCUT2D eigenvalue weighted by Gasteiger charge is -2.05. The van der Waals surface area contributed by atoms with Gasteiger partial charge >= 0.3 is 0 Å². The molecule has 1 heterocycles. The number of rotatable bonds is 2. The first kappa shape index (κ1) is 11.5. The quantitative estimate of drug-likeness (QED) is 0.699. The Bertz CT molecular complexity index is 697. The molecule has 0 N–H and O–H groups in total. The molecule has 6 heteroatoms. The van der Waals surface area contributed by atoms with Crippen molar-refractivity contribution in [2.24, 2.45) is 0 Å². The Kier molecular flexibility index (Phi) is 2.93. The molecule has 0 fully saturated rings. The molecule has 2 aromatic carbocycles. The summed E-state index contributed by atoms with van der Waals surface area (Å²) in [7, 11) is 0. The van der Waals surface area contributed by atoms with Crippen LogP contribution in [0.4, 0.5) is 0 Å². The molecule has 0 aliphatic rings. The zero-order valence-corrected chi connectivity index (χ0v) is 11.3. The Morgan fingerprint density at radius 2 is 1.89 bits per heavy atom. The van der Waals surface area contributed by atoms with Crippen LogP contribution in [0, 0.1) is 0 Å². The van der Waals surface area contributed by atoms with Crippen LogP contribution in [-0.4, -0.2) is 10.3 Å². The van der Waals surface area contributed by atoms with Gasteiger partial charge in [0, 0.05) is 9.50 Å². The fourth-order valence-electron chi connectivity index (χ4n) is 1.53. The molecule has 0 saturated carbocycles. The number of aromatic nitrogens is 2. The van der Waals surface area contributed by atoms with E-state index in [1.807, 2.05) is 0 Å². The Morgan fingerprint density at radius 1 is 1.11 bits per heavy atom. The summed E-state index contributed by atoms with van der Waals surface area (Å²) >= 11 is 9.20. The maximum absolute atomic E-state index is 5.82. The Morgan fingerprint density at radius 3 is 2.67 bits per heavy atom. The normalized spacial score (nSPS) is 10.8. The second kappa shape index (κ2) is 4.59. The van der Waals surface area contributed by atoms with Crippen molar-refractivity contribution in [1.29, 1.82) is 0 Å². The van der Waals surface area contributed by atoms with Gasteiger partial charge in [-0.1, -0.05) is 27.5 Å². The van der Waals surface area contributed by atoms with E-state index in [9.17, 15) is 0 Å². The van der Waals surface area contributed by atoms with Crippen molar-refractivity contribution in [2.75, 3.05) is 0 Å². The fourth-order valence-corrected chi connectivity index (χ4v) is 2.09. The van der Waals surface area contributed by atoms with Gasteiger partial charge in [-0.2, -0.15) is 0 Å². The summed E-state index contributed by atoms with van der Waals surface area (Å²) in [5.74, 6) is 1.24. The summed E-state index contributed by atoms with van der Waals surface area (Å²) in [6.45, 7) is 0. The minimum atomic E-state index is 0.572. The third-order valence-corrected chi connectivity index (χ3v) is 3.04. The number of hydrogen-bond donors (Lipinski definition) is 0. The van der Waals surface area contributed by atoms with Crippen molar-refractivity contribution < 1.29 is 9.37 Å². The van der Waals surface area contributed by atoms with Crippen LogP contribution in [0.3, 0.4) is 0 Å². The van der Waals surface area contributed by atoms with E-state index < -0.39 is 0 Å². The number of hydrogen-bond acceptors (Lipinski definition) is 4. The van der Waals surface area contributed by atoms with Crippen LogP contribution in [0.25, 0.3) is 11.0 Å².